The van der Waals surface area contributed by atoms with Crippen molar-refractivity contribution in [2.24, 2.45) is 5.92 Å². The van der Waals surface area contributed by atoms with Crippen molar-refractivity contribution in [1.29, 1.82) is 0 Å². The molecule has 0 aromatic heterocycles. The summed E-state index contributed by atoms with van der Waals surface area (Å²) in [5.41, 5.74) is 1.73. The van der Waals surface area contributed by atoms with Crippen molar-refractivity contribution in [2.75, 3.05) is 25.0 Å². The van der Waals surface area contributed by atoms with Crippen molar-refractivity contribution >= 4 is 29.0 Å². The van der Waals surface area contributed by atoms with Crippen LogP contribution in [0.4, 0.5) is 18.9 Å². The number of alkyl halides is 3. The van der Waals surface area contributed by atoms with Gasteiger partial charge in [0.25, 0.3) is 5.91 Å². The number of benzene rings is 2. The molecule has 0 fully saturated rings. The highest BCUT2D eigenvalue weighted by atomic mass is 35.5. The molecule has 0 saturated carbocycles. The van der Waals surface area contributed by atoms with Gasteiger partial charge in [-0.1, -0.05) is 29.8 Å². The molecule has 0 spiro atoms. The summed E-state index contributed by atoms with van der Waals surface area (Å²) >= 11 is 6.24. The molecule has 1 unspecified atom stereocenters. The number of fused-ring (bicyclic) bond motifs is 1. The Morgan fingerprint density at radius 1 is 1.17 bits per heavy atom. The van der Waals surface area contributed by atoms with Gasteiger partial charge in [0.1, 0.15) is 12.4 Å². The van der Waals surface area contributed by atoms with Crippen LogP contribution in [0.5, 0.6) is 5.75 Å². The smallest absolute Gasteiger partial charge is 0.450 e. The van der Waals surface area contributed by atoms with Gasteiger partial charge in [-0.05, 0) is 37.1 Å². The second kappa shape index (κ2) is 9.38. The van der Waals surface area contributed by atoms with Crippen molar-refractivity contribution in [3.05, 3.63) is 58.6 Å². The molecular weight excluding hydrogens is 421 g/mol. The van der Waals surface area contributed by atoms with Gasteiger partial charge in [0.05, 0.1) is 11.6 Å². The lowest BCUT2D eigenvalue weighted by Crippen LogP contribution is -2.34. The number of nitrogens with one attached hydrogen (secondary N) is 2. The van der Waals surface area contributed by atoms with Crippen LogP contribution in [0.1, 0.15) is 22.3 Å². The molecule has 5 nitrogen and oxygen atoms in total. The van der Waals surface area contributed by atoms with E-state index in [-0.39, 0.29) is 38.4 Å². The van der Waals surface area contributed by atoms with Crippen LogP contribution in [0, 0.1) is 5.92 Å². The number of carbonyl (C=O) groups is 2. The molecule has 1 heterocycles. The highest BCUT2D eigenvalue weighted by molar-refractivity contribution is 6.32. The first kappa shape index (κ1) is 22.0. The number of rotatable bonds is 6. The van der Waals surface area contributed by atoms with Crippen LogP contribution in [0.2, 0.25) is 5.02 Å². The Kier molecular flexibility index (Phi) is 6.87. The predicted octanol–water partition coefficient (Wildman–Crippen LogP) is 4.25. The van der Waals surface area contributed by atoms with Gasteiger partial charge in [-0.15, -0.1) is 0 Å². The number of ether oxygens (including phenoxy) is 1. The number of anilines is 1. The standard InChI is InChI=1S/C21H20ClF3N2O3/c22-16-8-9-17-15(7-6-14(12-27-17)19(28)21(23,24)25)18(16)30-11-10-26-20(29)13-4-2-1-3-5-13/h1-5,8-9,14,27H,6-7,10-12H2,(H,26,29). The van der Waals surface area contributed by atoms with Crippen molar-refractivity contribution < 1.29 is 27.5 Å². The lowest BCUT2D eigenvalue weighted by Gasteiger charge is -2.16. The Balaban J connectivity index is 1.62. The number of amides is 1. The average molecular weight is 441 g/mol. The zero-order chi connectivity index (χ0) is 21.7. The van der Waals surface area contributed by atoms with Crippen molar-refractivity contribution in [2.45, 2.75) is 19.0 Å². The minimum absolute atomic E-state index is 0.0276. The number of ketones is 1. The lowest BCUT2D eigenvalue weighted by molar-refractivity contribution is -0.175. The molecule has 0 aliphatic carbocycles. The van der Waals surface area contributed by atoms with Crippen molar-refractivity contribution in [1.82, 2.24) is 5.32 Å². The van der Waals surface area contributed by atoms with Crippen LogP contribution in [-0.2, 0) is 11.2 Å². The molecule has 2 aromatic carbocycles. The molecule has 3 rings (SSSR count). The van der Waals surface area contributed by atoms with Gasteiger partial charge >= 0.3 is 6.18 Å². The highest BCUT2D eigenvalue weighted by Crippen LogP contribution is 2.38. The molecule has 1 aliphatic heterocycles. The van der Waals surface area contributed by atoms with Crippen LogP contribution in [0.15, 0.2) is 42.5 Å². The molecule has 1 amide bonds. The highest BCUT2D eigenvalue weighted by Gasteiger charge is 2.43. The van der Waals surface area contributed by atoms with E-state index in [9.17, 15) is 22.8 Å². The third kappa shape index (κ3) is 5.24. The van der Waals surface area contributed by atoms with Crippen molar-refractivity contribution in [3.63, 3.8) is 0 Å². The van der Waals surface area contributed by atoms with Gasteiger partial charge in [-0.2, -0.15) is 13.2 Å². The molecule has 1 aliphatic rings. The van der Waals surface area contributed by atoms with Gasteiger partial charge in [-0.3, -0.25) is 9.59 Å². The maximum absolute atomic E-state index is 12.8. The van der Waals surface area contributed by atoms with Crippen molar-refractivity contribution in [3.8, 4) is 5.75 Å². The maximum atomic E-state index is 12.8. The van der Waals surface area contributed by atoms with Gasteiger partial charge in [0, 0.05) is 29.3 Å². The Morgan fingerprint density at radius 3 is 2.60 bits per heavy atom. The van der Waals surface area contributed by atoms with E-state index < -0.39 is 17.9 Å². The van der Waals surface area contributed by atoms with Crippen LogP contribution in [0.25, 0.3) is 0 Å². The van der Waals surface area contributed by atoms with Crippen LogP contribution >= 0.6 is 11.6 Å². The quantitative estimate of drug-likeness (QED) is 0.659. The molecule has 2 N–H and O–H groups in total. The first-order valence-electron chi connectivity index (χ1n) is 9.39. The van der Waals surface area contributed by atoms with E-state index in [1.54, 1.807) is 36.4 Å². The summed E-state index contributed by atoms with van der Waals surface area (Å²) in [5, 5.41) is 5.93. The van der Waals surface area contributed by atoms with E-state index in [1.807, 2.05) is 6.07 Å². The summed E-state index contributed by atoms with van der Waals surface area (Å²) in [6.07, 6.45) is -4.63. The Bertz CT molecular complexity index is 920. The molecule has 160 valence electrons. The number of hydrogen-bond acceptors (Lipinski definition) is 4. The maximum Gasteiger partial charge on any atom is 0.450 e. The summed E-state index contributed by atoms with van der Waals surface area (Å²) < 4.78 is 44.1. The van der Waals surface area contributed by atoms with Gasteiger partial charge in [0.15, 0.2) is 0 Å². The monoisotopic (exact) mass is 440 g/mol. The molecule has 30 heavy (non-hydrogen) atoms. The Hall–Kier alpha value is -2.74. The molecule has 2 aromatic rings. The van der Waals surface area contributed by atoms with Crippen LogP contribution < -0.4 is 15.4 Å². The van der Waals surface area contributed by atoms with E-state index in [0.29, 0.717) is 27.6 Å². The van der Waals surface area contributed by atoms with E-state index >= 15 is 0 Å². The predicted molar refractivity (Wildman–Crippen MR) is 107 cm³/mol. The second-order valence-corrected chi connectivity index (χ2v) is 7.26. The fourth-order valence-corrected chi connectivity index (χ4v) is 3.52. The third-order valence-electron chi connectivity index (χ3n) is 4.81. The van der Waals surface area contributed by atoms with Crippen LogP contribution in [-0.4, -0.2) is 37.6 Å². The first-order valence-corrected chi connectivity index (χ1v) is 9.77. The second-order valence-electron chi connectivity index (χ2n) is 6.85. The van der Waals surface area contributed by atoms with E-state index in [0.717, 1.165) is 0 Å². The van der Waals surface area contributed by atoms with E-state index in [1.165, 1.54) is 0 Å². The number of Topliss-reactive ketones (excluding diaryl/α,β-unsaturated/α-hetero) is 1. The van der Waals surface area contributed by atoms with E-state index in [4.69, 9.17) is 16.3 Å². The summed E-state index contributed by atoms with van der Waals surface area (Å²) in [7, 11) is 0. The minimum atomic E-state index is -4.86. The summed E-state index contributed by atoms with van der Waals surface area (Å²) in [6, 6.07) is 11.9. The van der Waals surface area contributed by atoms with Gasteiger partial charge < -0.3 is 15.4 Å². The summed E-state index contributed by atoms with van der Waals surface area (Å²) in [6.45, 7) is 0.232. The molecule has 0 bridgehead atoms. The van der Waals surface area contributed by atoms with Crippen LogP contribution in [0.3, 0.4) is 0 Å². The zero-order valence-electron chi connectivity index (χ0n) is 15.9. The normalized spacial score (nSPS) is 16.1. The van der Waals surface area contributed by atoms with E-state index in [2.05, 4.69) is 10.6 Å². The molecule has 0 saturated heterocycles. The number of carbonyl (C=O) groups excluding carboxylic acids is 2. The average Bonchev–Trinajstić information content (AvgIpc) is 2.94. The molecular formula is C21H20ClF3N2O3. The van der Waals surface area contributed by atoms with Gasteiger partial charge in [0.2, 0.25) is 5.78 Å². The fraction of sp³-hybridized carbons (Fsp3) is 0.333. The first-order chi connectivity index (χ1) is 14.3. The SMILES string of the molecule is O=C(NCCOc1c(Cl)ccc2c1CCC(C(=O)C(F)(F)F)CN2)c1ccccc1. The molecule has 0 radical (unpaired) electrons. The summed E-state index contributed by atoms with van der Waals surface area (Å²) in [5.74, 6) is -2.81. The largest absolute Gasteiger partial charge is 0.490 e. The third-order valence-corrected chi connectivity index (χ3v) is 5.11. The Morgan fingerprint density at radius 2 is 1.90 bits per heavy atom. The lowest BCUT2D eigenvalue weighted by atomic mass is 9.96. The minimum Gasteiger partial charge on any atom is -0.490 e. The molecule has 1 atom stereocenters. The topological polar surface area (TPSA) is 67.4 Å². The molecule has 9 heteroatoms. The Labute approximate surface area is 176 Å². The number of hydrogen-bond donors (Lipinski definition) is 2. The summed E-state index contributed by atoms with van der Waals surface area (Å²) in [4.78, 5) is 23.7. The van der Waals surface area contributed by atoms with Gasteiger partial charge in [-0.25, -0.2) is 0 Å². The fourth-order valence-electron chi connectivity index (χ4n) is 3.29. The zero-order valence-corrected chi connectivity index (χ0v) is 16.6. The number of halogens is 4.